The number of hydrogen-bond acceptors (Lipinski definition) is 12. The van der Waals surface area contributed by atoms with Crippen molar-refractivity contribution in [2.24, 2.45) is 0 Å². The fraction of sp³-hybridized carbons (Fsp3) is 0.197. The second-order valence-electron chi connectivity index (χ2n) is 18.6. The first kappa shape index (κ1) is 55.4. The number of urea groups is 2. The summed E-state index contributed by atoms with van der Waals surface area (Å²) in [7, 11) is 3.32. The number of carbonyl (C=O) groups excluding carboxylic acids is 5. The van der Waals surface area contributed by atoms with Crippen molar-refractivity contribution in [3.8, 4) is 11.5 Å². The molecule has 4 aliphatic heterocycles. The minimum Gasteiger partial charge on any atom is -0.497 e. The maximum atomic E-state index is 13.2. The summed E-state index contributed by atoms with van der Waals surface area (Å²) in [5.74, 6) is 1.21. The number of para-hydroxylation sites is 4. The van der Waals surface area contributed by atoms with Gasteiger partial charge in [0.1, 0.15) is 30.9 Å². The number of nitrogens with one attached hydrogen (secondary N) is 4. The lowest BCUT2D eigenvalue weighted by molar-refractivity contribution is -0.127. The summed E-state index contributed by atoms with van der Waals surface area (Å²) in [5.41, 5.74) is 4.78. The first-order valence-electron chi connectivity index (χ1n) is 25.9. The molecule has 0 bridgehead atoms. The molecule has 12 rings (SSSR count). The van der Waals surface area contributed by atoms with Crippen LogP contribution in [0.5, 0.6) is 11.5 Å². The van der Waals surface area contributed by atoms with Gasteiger partial charge in [0.2, 0.25) is 5.91 Å². The Balaban J connectivity index is 0.000000152. The average Bonchev–Trinajstić information content (AvgIpc) is 4.24. The maximum absolute atomic E-state index is 13.2. The van der Waals surface area contributed by atoms with Crippen LogP contribution in [0.2, 0.25) is 0 Å². The summed E-state index contributed by atoms with van der Waals surface area (Å²) < 4.78 is 9.83. The lowest BCUT2D eigenvalue weighted by Crippen LogP contribution is -2.49. The number of allylic oxidation sites excluding steroid dienone is 1. The predicted octanol–water partition coefficient (Wildman–Crippen LogP) is 12.2. The number of pyridine rings is 2. The van der Waals surface area contributed by atoms with Crippen LogP contribution in [0, 0.1) is 0 Å². The highest BCUT2D eigenvalue weighted by molar-refractivity contribution is 7.21. The number of hydrogen-bond donors (Lipinski definition) is 4. The highest BCUT2D eigenvalue weighted by Gasteiger charge is 2.36. The number of amides is 7. The van der Waals surface area contributed by atoms with Gasteiger partial charge in [-0.1, -0.05) is 92.5 Å². The smallest absolute Gasteiger partial charge is 0.331 e. The van der Waals surface area contributed by atoms with Crippen molar-refractivity contribution in [1.29, 1.82) is 0 Å². The topological polar surface area (TPSA) is 191 Å². The van der Waals surface area contributed by atoms with E-state index >= 15 is 0 Å². The quantitative estimate of drug-likeness (QED) is 0.0716. The van der Waals surface area contributed by atoms with Crippen LogP contribution in [0.15, 0.2) is 183 Å². The molecule has 4 aliphatic rings. The number of piperidine rings is 2. The minimum absolute atomic E-state index is 0.00194. The van der Waals surface area contributed by atoms with E-state index in [0.717, 1.165) is 77.3 Å². The van der Waals surface area contributed by atoms with Crippen LogP contribution in [0.1, 0.15) is 45.0 Å². The number of aromatic nitrogens is 2. The third-order valence-electron chi connectivity index (χ3n) is 13.5. The summed E-state index contributed by atoms with van der Waals surface area (Å²) >= 11 is 2.55. The van der Waals surface area contributed by atoms with Crippen LogP contribution in [-0.4, -0.2) is 102 Å². The van der Waals surface area contributed by atoms with Gasteiger partial charge in [0.25, 0.3) is 11.8 Å². The van der Waals surface area contributed by atoms with E-state index in [1.807, 2.05) is 127 Å². The molecular formula is C61H60N10O7S2. The van der Waals surface area contributed by atoms with Gasteiger partial charge in [-0.2, -0.15) is 0 Å². The van der Waals surface area contributed by atoms with Crippen molar-refractivity contribution < 1.29 is 33.4 Å². The average molecular weight is 1110 g/mol. The van der Waals surface area contributed by atoms with Crippen molar-refractivity contribution in [2.75, 3.05) is 60.8 Å². The van der Waals surface area contributed by atoms with Gasteiger partial charge in [-0.05, 0) is 98.5 Å². The molecule has 0 radical (unpaired) electrons. The van der Waals surface area contributed by atoms with Gasteiger partial charge >= 0.3 is 12.1 Å². The summed E-state index contributed by atoms with van der Waals surface area (Å²) in [6, 6.07) is 40.9. The Labute approximate surface area is 471 Å². The number of thiophene rings is 2. The van der Waals surface area contributed by atoms with Crippen molar-refractivity contribution in [2.45, 2.75) is 37.8 Å². The van der Waals surface area contributed by atoms with Crippen molar-refractivity contribution in [3.05, 3.63) is 193 Å². The van der Waals surface area contributed by atoms with E-state index in [9.17, 15) is 24.0 Å². The Morgan fingerprint density at radius 2 is 0.988 bits per heavy atom. The number of benzene rings is 4. The summed E-state index contributed by atoms with van der Waals surface area (Å²) in [6.45, 7) is 14.0. The number of methoxy groups -OCH3 is 2. The molecule has 17 nitrogen and oxygen atoms in total. The van der Waals surface area contributed by atoms with Crippen LogP contribution in [0.25, 0.3) is 20.4 Å². The summed E-state index contributed by atoms with van der Waals surface area (Å²) in [6.07, 6.45) is 9.80. The SMILES string of the molecule is C=CC(=C)N1CCCC(NC(=O)c2sc3nccc4c3c2NC(=O)N4c2ccccc2)C1.C=CC(=O)N1CCC[C@@H](NC(=O)c2sc3nccc4c3c2NC(=O)N4c2ccccc2)C1.COc1ccccc1.COc1ccccc1. The van der Waals surface area contributed by atoms with Gasteiger partial charge in [-0.15, -0.1) is 22.7 Å². The van der Waals surface area contributed by atoms with Gasteiger partial charge in [0.15, 0.2) is 0 Å². The van der Waals surface area contributed by atoms with Crippen LogP contribution in [0.3, 0.4) is 0 Å². The van der Waals surface area contributed by atoms with E-state index in [0.29, 0.717) is 56.1 Å². The molecular weight excluding hydrogens is 1050 g/mol. The Morgan fingerprint density at radius 1 is 0.588 bits per heavy atom. The highest BCUT2D eigenvalue weighted by atomic mass is 32.1. The van der Waals surface area contributed by atoms with E-state index in [1.165, 1.54) is 28.7 Å². The molecule has 0 saturated carbocycles. The van der Waals surface area contributed by atoms with Crippen LogP contribution in [0.4, 0.5) is 43.7 Å². The monoisotopic (exact) mass is 1110 g/mol. The van der Waals surface area contributed by atoms with Crippen molar-refractivity contribution >= 4 is 107 Å². The number of anilines is 6. The Kier molecular flexibility index (Phi) is 17.9. The van der Waals surface area contributed by atoms with Crippen LogP contribution in [-0.2, 0) is 4.79 Å². The van der Waals surface area contributed by atoms with Gasteiger partial charge in [-0.3, -0.25) is 24.2 Å². The molecule has 80 heavy (non-hydrogen) atoms. The second-order valence-corrected chi connectivity index (χ2v) is 20.6. The largest absolute Gasteiger partial charge is 0.497 e. The standard InChI is InChI=1S/C24H23N5O2S.C23H21N5O3S.2C7H8O/c1-3-15(2)28-13-7-8-16(14-28)26-22(30)21-20-19-18(11-12-25-23(19)32-21)29(24(31)27-20)17-9-5-4-6-10-17;1-2-17(29)27-12-6-7-14(13-27)25-21(30)20-19-18-16(10-11-24-22(18)32-20)28(23(31)26-19)15-8-4-3-5-9-15;2*1-8-7-5-3-2-4-6-7/h3-6,9-12,16H,1-2,7-8,13-14H2,(H,26,30)(H,27,31);2-5,8-11,14H,1,6-7,12-13H2,(H,25,30)(H,26,31);2*2-6H,1H3/t;14-;;/m.1../s1. The third kappa shape index (κ3) is 12.5. The minimum atomic E-state index is -0.330. The predicted molar refractivity (Wildman–Crippen MR) is 319 cm³/mol. The first-order valence-corrected chi connectivity index (χ1v) is 27.6. The highest BCUT2D eigenvalue weighted by Crippen LogP contribution is 2.47. The molecule has 0 aliphatic carbocycles. The molecule has 8 aromatic rings. The second kappa shape index (κ2) is 25.9. The molecule has 2 fully saturated rings. The Hall–Kier alpha value is -9.33. The number of ether oxygens (including phenoxy) is 2. The van der Waals surface area contributed by atoms with Crippen LogP contribution < -0.4 is 40.5 Å². The molecule has 0 spiro atoms. The van der Waals surface area contributed by atoms with Crippen molar-refractivity contribution in [3.63, 3.8) is 0 Å². The molecule has 7 amide bonds. The third-order valence-corrected chi connectivity index (χ3v) is 15.7. The molecule has 2 atom stereocenters. The number of nitrogens with zero attached hydrogens (tertiary/aromatic N) is 6. The van der Waals surface area contributed by atoms with E-state index in [4.69, 9.17) is 9.47 Å². The van der Waals surface area contributed by atoms with E-state index in [2.05, 4.69) is 55.9 Å². The summed E-state index contributed by atoms with van der Waals surface area (Å²) in [5, 5.41) is 13.5. The molecule has 4 N–H and O–H groups in total. The van der Waals surface area contributed by atoms with E-state index in [-0.39, 0.29) is 41.9 Å². The van der Waals surface area contributed by atoms with Gasteiger partial charge in [0, 0.05) is 56.4 Å². The molecule has 8 heterocycles. The Morgan fingerprint density at radius 3 is 1.38 bits per heavy atom. The van der Waals surface area contributed by atoms with Gasteiger partial charge in [0.05, 0.1) is 59.1 Å². The van der Waals surface area contributed by atoms with Gasteiger partial charge < -0.3 is 40.5 Å². The number of likely N-dealkylation sites (tertiary alicyclic amines) is 2. The molecule has 2 saturated heterocycles. The number of carbonyl (C=O) groups is 5. The lowest BCUT2D eigenvalue weighted by atomic mass is 10.0. The lowest BCUT2D eigenvalue weighted by Gasteiger charge is -2.35. The van der Waals surface area contributed by atoms with Crippen LogP contribution >= 0.6 is 22.7 Å². The molecule has 4 aromatic heterocycles. The molecule has 1 unspecified atom stereocenters. The zero-order chi connectivity index (χ0) is 56.1. The fourth-order valence-corrected chi connectivity index (χ4v) is 11.7. The number of rotatable bonds is 11. The zero-order valence-corrected chi connectivity index (χ0v) is 45.9. The van der Waals surface area contributed by atoms with E-state index in [1.54, 1.807) is 53.5 Å². The first-order chi connectivity index (χ1) is 39.0. The zero-order valence-electron chi connectivity index (χ0n) is 44.3. The van der Waals surface area contributed by atoms with E-state index < -0.39 is 0 Å². The molecule has 19 heteroatoms. The normalized spacial score (nSPS) is 15.9. The van der Waals surface area contributed by atoms with Crippen molar-refractivity contribution in [1.82, 2.24) is 30.4 Å². The van der Waals surface area contributed by atoms with Gasteiger partial charge in [-0.25, -0.2) is 19.6 Å². The molecule has 408 valence electrons. The Bertz CT molecular complexity index is 3310. The molecule has 4 aromatic carbocycles. The fourth-order valence-electron chi connectivity index (χ4n) is 9.68. The maximum Gasteiger partial charge on any atom is 0.331 e. The summed E-state index contributed by atoms with van der Waals surface area (Å²) in [4.78, 5) is 82.7.